The largest absolute Gasteiger partial charge is 0.311 e. The number of thiophene rings is 1. The molecule has 0 bridgehead atoms. The minimum atomic E-state index is -0.246. The van der Waals surface area contributed by atoms with Crippen molar-refractivity contribution in [3.8, 4) is 0 Å². The number of halogens is 1. The highest BCUT2D eigenvalue weighted by atomic mass is 35.5. The molecule has 1 aliphatic heterocycles. The SMILES string of the molecule is Cc1sc2nc(CSC(C)C(=O)N3CCCc4cc(Cl)ccc43)[nH]c(=O)c2c1C. The van der Waals surface area contributed by atoms with Crippen molar-refractivity contribution in [2.45, 2.75) is 44.6 Å². The summed E-state index contributed by atoms with van der Waals surface area (Å²) < 4.78 is 0. The normalized spacial score (nSPS) is 14.8. The van der Waals surface area contributed by atoms with Gasteiger partial charge in [-0.25, -0.2) is 4.98 Å². The molecular formula is C21H22ClN3O2S2. The molecule has 4 rings (SSSR count). The zero-order chi connectivity index (χ0) is 20.7. The maximum atomic E-state index is 13.1. The Kier molecular flexibility index (Phi) is 5.73. The quantitative estimate of drug-likeness (QED) is 0.620. The summed E-state index contributed by atoms with van der Waals surface area (Å²) in [5, 5.41) is 1.13. The summed E-state index contributed by atoms with van der Waals surface area (Å²) in [4.78, 5) is 36.7. The van der Waals surface area contributed by atoms with Crippen molar-refractivity contribution in [2.24, 2.45) is 0 Å². The number of aromatic nitrogens is 2. The highest BCUT2D eigenvalue weighted by Crippen LogP contribution is 2.32. The van der Waals surface area contributed by atoms with Crippen LogP contribution in [-0.2, 0) is 17.0 Å². The summed E-state index contributed by atoms with van der Waals surface area (Å²) in [5.41, 5.74) is 2.96. The van der Waals surface area contributed by atoms with Gasteiger partial charge in [-0.2, -0.15) is 0 Å². The van der Waals surface area contributed by atoms with Crippen LogP contribution in [-0.4, -0.2) is 27.7 Å². The number of benzene rings is 1. The van der Waals surface area contributed by atoms with Gasteiger partial charge < -0.3 is 9.88 Å². The van der Waals surface area contributed by atoms with Crippen molar-refractivity contribution in [3.63, 3.8) is 0 Å². The van der Waals surface area contributed by atoms with Crippen LogP contribution in [0.1, 0.15) is 35.2 Å². The highest BCUT2D eigenvalue weighted by Gasteiger charge is 2.27. The molecule has 3 aromatic rings. The number of H-pyrrole nitrogens is 1. The molecule has 1 aliphatic rings. The molecule has 1 unspecified atom stereocenters. The van der Waals surface area contributed by atoms with Crippen LogP contribution in [0.5, 0.6) is 0 Å². The Hall–Kier alpha value is -1.83. The maximum Gasteiger partial charge on any atom is 0.259 e. The van der Waals surface area contributed by atoms with E-state index in [0.717, 1.165) is 39.4 Å². The number of carbonyl (C=O) groups excluding carboxylic acids is 1. The monoisotopic (exact) mass is 447 g/mol. The highest BCUT2D eigenvalue weighted by molar-refractivity contribution is 7.99. The third-order valence-electron chi connectivity index (χ3n) is 5.33. The summed E-state index contributed by atoms with van der Waals surface area (Å²) in [7, 11) is 0. The molecule has 1 aromatic carbocycles. The van der Waals surface area contributed by atoms with Crippen LogP contribution in [0.3, 0.4) is 0 Å². The van der Waals surface area contributed by atoms with Crippen LogP contribution in [0.25, 0.3) is 10.2 Å². The van der Waals surface area contributed by atoms with Gasteiger partial charge in [0.05, 0.1) is 16.4 Å². The molecular weight excluding hydrogens is 426 g/mol. The average molecular weight is 448 g/mol. The van der Waals surface area contributed by atoms with E-state index in [-0.39, 0.29) is 16.7 Å². The Labute approximate surface area is 182 Å². The number of anilines is 1. The molecule has 1 atom stereocenters. The van der Waals surface area contributed by atoms with Crippen molar-refractivity contribution in [2.75, 3.05) is 11.4 Å². The van der Waals surface area contributed by atoms with Gasteiger partial charge >= 0.3 is 0 Å². The van der Waals surface area contributed by atoms with Crippen molar-refractivity contribution >= 4 is 56.5 Å². The Morgan fingerprint density at radius 1 is 1.41 bits per heavy atom. The first-order valence-electron chi connectivity index (χ1n) is 9.55. The van der Waals surface area contributed by atoms with E-state index < -0.39 is 0 Å². The Morgan fingerprint density at radius 2 is 2.21 bits per heavy atom. The zero-order valence-corrected chi connectivity index (χ0v) is 18.9. The summed E-state index contributed by atoms with van der Waals surface area (Å²) in [6.45, 7) is 6.57. The van der Waals surface area contributed by atoms with Gasteiger partial charge in [0.25, 0.3) is 5.56 Å². The number of aryl methyl sites for hydroxylation is 3. The van der Waals surface area contributed by atoms with Gasteiger partial charge in [-0.3, -0.25) is 9.59 Å². The van der Waals surface area contributed by atoms with Crippen molar-refractivity contribution < 1.29 is 4.79 Å². The molecule has 1 N–H and O–H groups in total. The van der Waals surface area contributed by atoms with Crippen molar-refractivity contribution in [1.82, 2.24) is 9.97 Å². The van der Waals surface area contributed by atoms with E-state index >= 15 is 0 Å². The number of aromatic amines is 1. The van der Waals surface area contributed by atoms with E-state index in [1.54, 1.807) is 0 Å². The smallest absolute Gasteiger partial charge is 0.259 e. The minimum absolute atomic E-state index is 0.0736. The fourth-order valence-corrected chi connectivity index (χ4v) is 5.71. The van der Waals surface area contributed by atoms with E-state index in [2.05, 4.69) is 9.97 Å². The lowest BCUT2D eigenvalue weighted by Gasteiger charge is -2.31. The molecule has 1 amide bonds. The van der Waals surface area contributed by atoms with Crippen LogP contribution >= 0.6 is 34.7 Å². The summed E-state index contributed by atoms with van der Waals surface area (Å²) in [5.74, 6) is 1.17. The number of fused-ring (bicyclic) bond motifs is 2. The summed E-state index contributed by atoms with van der Waals surface area (Å²) in [6.07, 6.45) is 1.87. The first-order chi connectivity index (χ1) is 13.8. The Balaban J connectivity index is 1.49. The van der Waals surface area contributed by atoms with E-state index in [1.165, 1.54) is 23.1 Å². The molecule has 0 spiro atoms. The zero-order valence-electron chi connectivity index (χ0n) is 16.5. The number of nitrogens with one attached hydrogen (secondary N) is 1. The van der Waals surface area contributed by atoms with Gasteiger partial charge in [0.15, 0.2) is 0 Å². The van der Waals surface area contributed by atoms with E-state index in [4.69, 9.17) is 11.6 Å². The molecule has 0 fully saturated rings. The fraction of sp³-hybridized carbons (Fsp3) is 0.381. The second kappa shape index (κ2) is 8.13. The fourth-order valence-electron chi connectivity index (χ4n) is 3.66. The Bertz CT molecular complexity index is 1150. The molecule has 5 nitrogen and oxygen atoms in total. The molecule has 152 valence electrons. The average Bonchev–Trinajstić information content (AvgIpc) is 2.98. The second-order valence-corrected chi connectivity index (χ2v) is 10.3. The third kappa shape index (κ3) is 3.96. The number of hydrogen-bond acceptors (Lipinski definition) is 5. The van der Waals surface area contributed by atoms with Crippen LogP contribution in [0, 0.1) is 13.8 Å². The number of nitrogens with zero attached hydrogens (tertiary/aromatic N) is 2. The van der Waals surface area contributed by atoms with Gasteiger partial charge in [0.2, 0.25) is 5.91 Å². The molecule has 0 radical (unpaired) electrons. The molecule has 0 aliphatic carbocycles. The van der Waals surface area contributed by atoms with Crippen LogP contribution in [0.2, 0.25) is 5.02 Å². The number of thioether (sulfide) groups is 1. The number of rotatable bonds is 4. The third-order valence-corrected chi connectivity index (χ3v) is 7.81. The van der Waals surface area contributed by atoms with E-state index in [9.17, 15) is 9.59 Å². The molecule has 0 saturated heterocycles. The Morgan fingerprint density at radius 3 is 3.00 bits per heavy atom. The molecule has 29 heavy (non-hydrogen) atoms. The molecule has 2 aromatic heterocycles. The first kappa shape index (κ1) is 20.4. The summed E-state index contributed by atoms with van der Waals surface area (Å²) >= 11 is 9.14. The second-order valence-electron chi connectivity index (χ2n) is 7.30. The van der Waals surface area contributed by atoms with Gasteiger partial charge in [-0.1, -0.05) is 11.6 Å². The summed E-state index contributed by atoms with van der Waals surface area (Å²) in [6, 6.07) is 5.71. The topological polar surface area (TPSA) is 66.1 Å². The first-order valence-corrected chi connectivity index (χ1v) is 11.8. The van der Waals surface area contributed by atoms with Crippen LogP contribution < -0.4 is 10.5 Å². The molecule has 3 heterocycles. The van der Waals surface area contributed by atoms with Crippen molar-refractivity contribution in [1.29, 1.82) is 0 Å². The van der Waals surface area contributed by atoms with Gasteiger partial charge in [-0.05, 0) is 62.9 Å². The lowest BCUT2D eigenvalue weighted by atomic mass is 10.0. The molecule has 8 heteroatoms. The van der Waals surface area contributed by atoms with Gasteiger partial charge in [-0.15, -0.1) is 23.1 Å². The predicted octanol–water partition coefficient (Wildman–Crippen LogP) is 4.86. The predicted molar refractivity (Wildman–Crippen MR) is 123 cm³/mol. The standard InChI is InChI=1S/C21H22ClN3O2S2/c1-11-12(2)29-20-18(11)19(26)23-17(24-20)10-28-13(3)21(27)25-8-4-5-14-9-15(22)6-7-16(14)25/h6-7,9,13H,4-5,8,10H2,1-3H3,(H,23,24,26). The van der Waals surface area contributed by atoms with Gasteiger partial charge in [0.1, 0.15) is 10.7 Å². The maximum absolute atomic E-state index is 13.1. The van der Waals surface area contributed by atoms with Gasteiger partial charge in [0, 0.05) is 22.1 Å². The lowest BCUT2D eigenvalue weighted by molar-refractivity contribution is -0.117. The lowest BCUT2D eigenvalue weighted by Crippen LogP contribution is -2.40. The van der Waals surface area contributed by atoms with Crippen molar-refractivity contribution in [3.05, 3.63) is 55.4 Å². The number of carbonyl (C=O) groups is 1. The van der Waals surface area contributed by atoms with E-state index in [0.29, 0.717) is 28.5 Å². The number of hydrogen-bond donors (Lipinski definition) is 1. The molecule has 0 saturated carbocycles. The minimum Gasteiger partial charge on any atom is -0.311 e. The van der Waals surface area contributed by atoms with Crippen LogP contribution in [0.4, 0.5) is 5.69 Å². The van der Waals surface area contributed by atoms with E-state index in [1.807, 2.05) is 43.9 Å². The number of amides is 1. The van der Waals surface area contributed by atoms with Crippen LogP contribution in [0.15, 0.2) is 23.0 Å².